The van der Waals surface area contributed by atoms with Crippen molar-refractivity contribution < 1.29 is 4.79 Å². The third-order valence-corrected chi connectivity index (χ3v) is 4.04. The van der Waals surface area contributed by atoms with Gasteiger partial charge in [0, 0.05) is 24.5 Å². The van der Waals surface area contributed by atoms with Gasteiger partial charge in [-0.3, -0.25) is 14.2 Å². The first kappa shape index (κ1) is 17.2. The standard InChI is InChI=1S/C18H24N6O/c1-14-4-5-15-11-20-24(17(15)10-14)7-6-18(25)21-16-12-19-23(13-16)9-8-22(2)3/h4-5,10-13H,6-9H2,1-3H3,(H,21,25). The summed E-state index contributed by atoms with van der Waals surface area (Å²) in [6.45, 7) is 4.30. The maximum absolute atomic E-state index is 12.2. The Morgan fingerprint density at radius 3 is 2.84 bits per heavy atom. The van der Waals surface area contributed by atoms with Crippen LogP contribution in [0, 0.1) is 6.92 Å². The number of likely N-dealkylation sites (N-methyl/N-ethyl adjacent to an activating group) is 1. The Morgan fingerprint density at radius 2 is 2.04 bits per heavy atom. The van der Waals surface area contributed by atoms with Crippen molar-refractivity contribution in [1.29, 1.82) is 0 Å². The molecule has 0 radical (unpaired) electrons. The molecule has 1 amide bonds. The molecular weight excluding hydrogens is 316 g/mol. The first-order valence-electron chi connectivity index (χ1n) is 8.40. The summed E-state index contributed by atoms with van der Waals surface area (Å²) in [6.07, 6.45) is 5.74. The number of amides is 1. The van der Waals surface area contributed by atoms with Crippen LogP contribution in [0.4, 0.5) is 5.69 Å². The number of carbonyl (C=O) groups is 1. The van der Waals surface area contributed by atoms with Crippen LogP contribution in [0.15, 0.2) is 36.8 Å². The molecule has 0 atom stereocenters. The molecule has 1 aromatic carbocycles. The van der Waals surface area contributed by atoms with Crippen LogP contribution in [0.2, 0.25) is 0 Å². The Morgan fingerprint density at radius 1 is 1.20 bits per heavy atom. The largest absolute Gasteiger partial charge is 0.323 e. The van der Waals surface area contributed by atoms with Crippen molar-refractivity contribution in [1.82, 2.24) is 24.5 Å². The minimum Gasteiger partial charge on any atom is -0.323 e. The second kappa shape index (κ2) is 7.48. The molecule has 0 aliphatic rings. The van der Waals surface area contributed by atoms with E-state index in [0.717, 1.165) is 29.7 Å². The Labute approximate surface area is 147 Å². The smallest absolute Gasteiger partial charge is 0.226 e. The molecule has 0 spiro atoms. The molecule has 7 heteroatoms. The monoisotopic (exact) mass is 340 g/mol. The number of aryl methyl sites for hydroxylation is 2. The predicted molar refractivity (Wildman–Crippen MR) is 98.5 cm³/mol. The molecule has 1 N–H and O–H groups in total. The van der Waals surface area contributed by atoms with Gasteiger partial charge < -0.3 is 10.2 Å². The number of anilines is 1. The zero-order valence-electron chi connectivity index (χ0n) is 14.9. The van der Waals surface area contributed by atoms with Crippen molar-refractivity contribution >= 4 is 22.5 Å². The number of nitrogens with one attached hydrogen (secondary N) is 1. The summed E-state index contributed by atoms with van der Waals surface area (Å²) in [6, 6.07) is 6.21. The number of carbonyl (C=O) groups excluding carboxylic acids is 1. The lowest BCUT2D eigenvalue weighted by atomic mass is 10.2. The number of hydrogen-bond acceptors (Lipinski definition) is 4. The summed E-state index contributed by atoms with van der Waals surface area (Å²) in [5, 5.41) is 12.6. The van der Waals surface area contributed by atoms with Crippen molar-refractivity contribution in [2.75, 3.05) is 26.0 Å². The quantitative estimate of drug-likeness (QED) is 0.715. The highest BCUT2D eigenvalue weighted by atomic mass is 16.1. The minimum atomic E-state index is -0.0385. The van der Waals surface area contributed by atoms with Crippen LogP contribution in [0.25, 0.3) is 10.9 Å². The van der Waals surface area contributed by atoms with Crippen LogP contribution in [-0.4, -0.2) is 51.0 Å². The fraction of sp³-hybridized carbons (Fsp3) is 0.389. The van der Waals surface area contributed by atoms with Crippen LogP contribution in [-0.2, 0) is 17.9 Å². The van der Waals surface area contributed by atoms with Crippen molar-refractivity contribution in [3.8, 4) is 0 Å². The highest BCUT2D eigenvalue weighted by molar-refractivity contribution is 5.90. The van der Waals surface area contributed by atoms with Gasteiger partial charge in [-0.1, -0.05) is 12.1 Å². The number of benzene rings is 1. The van der Waals surface area contributed by atoms with Crippen LogP contribution in [0.5, 0.6) is 0 Å². The van der Waals surface area contributed by atoms with Gasteiger partial charge in [-0.05, 0) is 32.6 Å². The van der Waals surface area contributed by atoms with Crippen LogP contribution in [0.3, 0.4) is 0 Å². The third-order valence-electron chi connectivity index (χ3n) is 4.04. The molecule has 0 saturated carbocycles. The highest BCUT2D eigenvalue weighted by Crippen LogP contribution is 2.16. The first-order valence-corrected chi connectivity index (χ1v) is 8.40. The summed E-state index contributed by atoms with van der Waals surface area (Å²) < 4.78 is 3.71. The molecule has 132 valence electrons. The topological polar surface area (TPSA) is 68.0 Å². The molecule has 0 unspecified atom stereocenters. The highest BCUT2D eigenvalue weighted by Gasteiger charge is 2.08. The van der Waals surface area contributed by atoms with E-state index in [-0.39, 0.29) is 5.91 Å². The second-order valence-electron chi connectivity index (χ2n) is 6.52. The molecule has 0 aliphatic carbocycles. The molecule has 3 rings (SSSR count). The van der Waals surface area contributed by atoms with Crippen molar-refractivity contribution in [3.05, 3.63) is 42.4 Å². The van der Waals surface area contributed by atoms with E-state index in [1.165, 1.54) is 5.56 Å². The number of hydrogen-bond donors (Lipinski definition) is 1. The summed E-state index contributed by atoms with van der Waals surface area (Å²) in [5.41, 5.74) is 2.97. The van der Waals surface area contributed by atoms with Crippen molar-refractivity contribution in [2.45, 2.75) is 26.4 Å². The summed E-state index contributed by atoms with van der Waals surface area (Å²) in [7, 11) is 4.04. The van der Waals surface area contributed by atoms with E-state index >= 15 is 0 Å². The molecule has 7 nitrogen and oxygen atoms in total. The number of rotatable bonds is 7. The maximum atomic E-state index is 12.2. The van der Waals surface area contributed by atoms with Gasteiger partial charge >= 0.3 is 0 Å². The molecule has 0 saturated heterocycles. The number of fused-ring (bicyclic) bond motifs is 1. The SMILES string of the molecule is Cc1ccc2cnn(CCC(=O)Nc3cnn(CCN(C)C)c3)c2c1. The zero-order valence-corrected chi connectivity index (χ0v) is 14.9. The predicted octanol–water partition coefficient (Wildman–Crippen LogP) is 2.13. The first-order chi connectivity index (χ1) is 12.0. The lowest BCUT2D eigenvalue weighted by Crippen LogP contribution is -2.18. The fourth-order valence-corrected chi connectivity index (χ4v) is 2.64. The molecule has 0 bridgehead atoms. The van der Waals surface area contributed by atoms with Crippen LogP contribution < -0.4 is 5.32 Å². The number of nitrogens with zero attached hydrogens (tertiary/aromatic N) is 5. The van der Waals surface area contributed by atoms with Crippen molar-refractivity contribution in [2.24, 2.45) is 0 Å². The van der Waals surface area contributed by atoms with E-state index in [4.69, 9.17) is 0 Å². The van der Waals surface area contributed by atoms with Gasteiger partial charge in [-0.25, -0.2) is 0 Å². The zero-order chi connectivity index (χ0) is 17.8. The molecule has 2 aromatic heterocycles. The van der Waals surface area contributed by atoms with Gasteiger partial charge in [0.25, 0.3) is 0 Å². The molecule has 0 aliphatic heterocycles. The van der Waals surface area contributed by atoms with Gasteiger partial charge in [-0.15, -0.1) is 0 Å². The molecular formula is C18H24N6O. The molecule has 25 heavy (non-hydrogen) atoms. The Hall–Kier alpha value is -2.67. The van der Waals surface area contributed by atoms with Crippen LogP contribution >= 0.6 is 0 Å². The normalized spacial score (nSPS) is 11.4. The van der Waals surface area contributed by atoms with E-state index in [1.807, 2.05) is 35.9 Å². The van der Waals surface area contributed by atoms with Gasteiger partial charge in [0.2, 0.25) is 5.91 Å². The van der Waals surface area contributed by atoms with E-state index in [0.29, 0.717) is 13.0 Å². The van der Waals surface area contributed by atoms with Gasteiger partial charge in [0.15, 0.2) is 0 Å². The van der Waals surface area contributed by atoms with E-state index in [9.17, 15) is 4.79 Å². The van der Waals surface area contributed by atoms with Crippen LogP contribution in [0.1, 0.15) is 12.0 Å². The fourth-order valence-electron chi connectivity index (χ4n) is 2.64. The maximum Gasteiger partial charge on any atom is 0.226 e. The molecule has 3 aromatic rings. The van der Waals surface area contributed by atoms with Gasteiger partial charge in [0.05, 0.1) is 36.7 Å². The van der Waals surface area contributed by atoms with E-state index < -0.39 is 0 Å². The summed E-state index contributed by atoms with van der Waals surface area (Å²) >= 11 is 0. The molecule has 0 fully saturated rings. The average molecular weight is 340 g/mol. The van der Waals surface area contributed by atoms with Gasteiger partial charge in [0.1, 0.15) is 0 Å². The Kier molecular flexibility index (Phi) is 5.14. The third kappa shape index (κ3) is 4.45. The summed E-state index contributed by atoms with van der Waals surface area (Å²) in [5.74, 6) is -0.0385. The van der Waals surface area contributed by atoms with E-state index in [2.05, 4.69) is 45.5 Å². The lowest BCUT2D eigenvalue weighted by molar-refractivity contribution is -0.116. The van der Waals surface area contributed by atoms with Crippen molar-refractivity contribution in [3.63, 3.8) is 0 Å². The molecule has 2 heterocycles. The lowest BCUT2D eigenvalue weighted by Gasteiger charge is -2.08. The van der Waals surface area contributed by atoms with Gasteiger partial charge in [-0.2, -0.15) is 10.2 Å². The summed E-state index contributed by atoms with van der Waals surface area (Å²) in [4.78, 5) is 14.3. The average Bonchev–Trinajstić information content (AvgIpc) is 3.17. The number of aromatic nitrogens is 4. The minimum absolute atomic E-state index is 0.0385. The van der Waals surface area contributed by atoms with E-state index in [1.54, 1.807) is 6.20 Å². The second-order valence-corrected chi connectivity index (χ2v) is 6.52. The Balaban J connectivity index is 1.55. The Bertz CT molecular complexity index is 863.